The summed E-state index contributed by atoms with van der Waals surface area (Å²) in [5, 5.41) is 54.8. The van der Waals surface area contributed by atoms with Crippen molar-refractivity contribution in [3.05, 3.63) is 36.5 Å². The molecule has 502 valence electrons. The Morgan fingerprint density at radius 3 is 0.988 bits per heavy atom. The van der Waals surface area contributed by atoms with E-state index in [2.05, 4.69) is 43.5 Å². The van der Waals surface area contributed by atoms with Gasteiger partial charge >= 0.3 is 0 Å². The van der Waals surface area contributed by atoms with E-state index in [-0.39, 0.29) is 12.5 Å². The second kappa shape index (κ2) is 65.4. The minimum absolute atomic E-state index is 0.178. The van der Waals surface area contributed by atoms with Crippen LogP contribution in [0, 0.1) is 0 Å². The second-order valence-corrected chi connectivity index (χ2v) is 26.4. The van der Waals surface area contributed by atoms with Crippen LogP contribution in [-0.4, -0.2) is 87.5 Å². The quantitative estimate of drug-likeness (QED) is 0.0261. The van der Waals surface area contributed by atoms with Crippen LogP contribution in [0.3, 0.4) is 0 Å². The number of aliphatic hydroxyl groups is 5. The van der Waals surface area contributed by atoms with Crippen LogP contribution in [0.5, 0.6) is 0 Å². The summed E-state index contributed by atoms with van der Waals surface area (Å²) in [7, 11) is 0. The molecule has 0 aromatic rings. The maximum absolute atomic E-state index is 13.1. The van der Waals surface area contributed by atoms with Crippen LogP contribution >= 0.6 is 0 Å². The Labute approximate surface area is 527 Å². The predicted octanol–water partition coefficient (Wildman–Crippen LogP) is 21.0. The number of unbranched alkanes of at least 4 members (excludes halogenated alkanes) is 53. The van der Waals surface area contributed by atoms with E-state index in [1.807, 2.05) is 6.08 Å². The van der Waals surface area contributed by atoms with Crippen molar-refractivity contribution in [1.82, 2.24) is 5.32 Å². The van der Waals surface area contributed by atoms with Crippen LogP contribution in [0.1, 0.15) is 386 Å². The zero-order chi connectivity index (χ0) is 61.4. The van der Waals surface area contributed by atoms with E-state index < -0.39 is 49.5 Å². The molecule has 0 aromatic carbocycles. The normalized spacial score (nSPS) is 18.2. The van der Waals surface area contributed by atoms with E-state index in [0.717, 1.165) is 38.5 Å². The Morgan fingerprint density at radius 2 is 0.671 bits per heavy atom. The molecule has 0 saturated carbocycles. The van der Waals surface area contributed by atoms with Crippen molar-refractivity contribution in [2.75, 3.05) is 13.2 Å². The molecule has 0 radical (unpaired) electrons. The number of hydrogen-bond donors (Lipinski definition) is 6. The van der Waals surface area contributed by atoms with Gasteiger partial charge in [0.05, 0.1) is 25.4 Å². The van der Waals surface area contributed by atoms with Gasteiger partial charge in [-0.05, 0) is 57.8 Å². The molecule has 0 spiro atoms. The summed E-state index contributed by atoms with van der Waals surface area (Å²) in [4.78, 5) is 13.1. The molecule has 1 heterocycles. The number of hydrogen-bond acceptors (Lipinski definition) is 8. The van der Waals surface area contributed by atoms with Gasteiger partial charge in [-0.25, -0.2) is 0 Å². The lowest BCUT2D eigenvalue weighted by Gasteiger charge is -2.40. The van der Waals surface area contributed by atoms with Gasteiger partial charge in [-0.15, -0.1) is 0 Å². The van der Waals surface area contributed by atoms with Gasteiger partial charge in [0.15, 0.2) is 6.29 Å². The molecule has 0 bridgehead atoms. The van der Waals surface area contributed by atoms with Crippen LogP contribution in [0.2, 0.25) is 0 Å². The van der Waals surface area contributed by atoms with E-state index in [4.69, 9.17) is 9.47 Å². The molecule has 7 unspecified atom stereocenters. The van der Waals surface area contributed by atoms with Crippen molar-refractivity contribution in [2.24, 2.45) is 0 Å². The molecular weight excluding hydrogens is 1050 g/mol. The fraction of sp³-hybridized carbons (Fsp3) is 0.908. The number of ether oxygens (including phenoxy) is 2. The molecule has 9 heteroatoms. The van der Waals surface area contributed by atoms with Gasteiger partial charge in [0.2, 0.25) is 5.91 Å². The molecule has 0 aromatic heterocycles. The minimum atomic E-state index is -1.57. The lowest BCUT2D eigenvalue weighted by atomic mass is 9.99. The molecule has 85 heavy (non-hydrogen) atoms. The zero-order valence-corrected chi connectivity index (χ0v) is 56.4. The monoisotopic (exact) mass is 1200 g/mol. The number of nitrogens with one attached hydrogen (secondary N) is 1. The zero-order valence-electron chi connectivity index (χ0n) is 56.4. The van der Waals surface area contributed by atoms with E-state index >= 15 is 0 Å². The Bertz CT molecular complexity index is 1440. The van der Waals surface area contributed by atoms with Gasteiger partial charge in [-0.2, -0.15) is 0 Å². The third-order valence-corrected chi connectivity index (χ3v) is 18.2. The fourth-order valence-electron chi connectivity index (χ4n) is 12.3. The first-order chi connectivity index (χ1) is 41.8. The summed E-state index contributed by atoms with van der Waals surface area (Å²) in [5.74, 6) is -0.178. The smallest absolute Gasteiger partial charge is 0.220 e. The third kappa shape index (κ3) is 53.9. The number of allylic oxidation sites excluding steroid dienone is 5. The van der Waals surface area contributed by atoms with E-state index in [9.17, 15) is 30.3 Å². The molecule has 7 atom stereocenters. The van der Waals surface area contributed by atoms with Gasteiger partial charge in [0.1, 0.15) is 24.4 Å². The Hall–Kier alpha value is -1.59. The molecule has 6 N–H and O–H groups in total. The number of carbonyl (C=O) groups is 1. The highest BCUT2D eigenvalue weighted by atomic mass is 16.7. The van der Waals surface area contributed by atoms with Gasteiger partial charge in [-0.1, -0.05) is 359 Å². The van der Waals surface area contributed by atoms with Crippen LogP contribution in [-0.2, 0) is 14.3 Å². The van der Waals surface area contributed by atoms with Gasteiger partial charge in [0, 0.05) is 6.42 Å². The average Bonchev–Trinajstić information content (AvgIpc) is 3.57. The van der Waals surface area contributed by atoms with Crippen LogP contribution in [0.4, 0.5) is 0 Å². The highest BCUT2D eigenvalue weighted by Gasteiger charge is 2.44. The molecule has 1 amide bonds. The Morgan fingerprint density at radius 1 is 0.388 bits per heavy atom. The van der Waals surface area contributed by atoms with Crippen molar-refractivity contribution in [3.8, 4) is 0 Å². The second-order valence-electron chi connectivity index (χ2n) is 26.4. The van der Waals surface area contributed by atoms with Crippen molar-refractivity contribution < 1.29 is 39.8 Å². The van der Waals surface area contributed by atoms with Gasteiger partial charge in [-0.3, -0.25) is 4.79 Å². The average molecular weight is 1200 g/mol. The SMILES string of the molecule is CCCCCCCCCC/C=C\CCCCCCCCCCCCCCCCCCCCCCCCCCCC(=O)NC(COC1OC(CO)C(O)C(O)C1O)C(O)/C=C/CC/C=C/CCCCCCCCCCCCCCCCCCCCC. The molecule has 1 saturated heterocycles. The van der Waals surface area contributed by atoms with E-state index in [0.29, 0.717) is 6.42 Å². The Balaban J connectivity index is 2.08. The first-order valence-electron chi connectivity index (χ1n) is 37.7. The molecule has 1 fully saturated rings. The van der Waals surface area contributed by atoms with Crippen LogP contribution in [0.25, 0.3) is 0 Å². The first kappa shape index (κ1) is 81.4. The highest BCUT2D eigenvalue weighted by molar-refractivity contribution is 5.76. The molecule has 1 aliphatic rings. The largest absolute Gasteiger partial charge is 0.394 e. The predicted molar refractivity (Wildman–Crippen MR) is 364 cm³/mol. The summed E-state index contributed by atoms with van der Waals surface area (Å²) >= 11 is 0. The summed E-state index contributed by atoms with van der Waals surface area (Å²) < 4.78 is 11.3. The van der Waals surface area contributed by atoms with Gasteiger partial charge < -0.3 is 40.3 Å². The molecule has 0 aliphatic carbocycles. The highest BCUT2D eigenvalue weighted by Crippen LogP contribution is 2.24. The summed E-state index contributed by atoms with van der Waals surface area (Å²) in [6.07, 6.45) is 81.4. The fourth-order valence-corrected chi connectivity index (χ4v) is 12.3. The molecule has 1 aliphatic heterocycles. The molecule has 1 rings (SSSR count). The van der Waals surface area contributed by atoms with E-state index in [1.54, 1.807) is 6.08 Å². The van der Waals surface area contributed by atoms with Gasteiger partial charge in [0.25, 0.3) is 0 Å². The maximum Gasteiger partial charge on any atom is 0.220 e. The van der Waals surface area contributed by atoms with Crippen molar-refractivity contribution in [3.63, 3.8) is 0 Å². The number of carbonyl (C=O) groups excluding carboxylic acids is 1. The summed E-state index contributed by atoms with van der Waals surface area (Å²) in [6, 6.07) is -0.821. The maximum atomic E-state index is 13.1. The first-order valence-corrected chi connectivity index (χ1v) is 37.7. The van der Waals surface area contributed by atoms with E-state index in [1.165, 1.54) is 327 Å². The number of aliphatic hydroxyl groups excluding tert-OH is 5. The van der Waals surface area contributed by atoms with Crippen molar-refractivity contribution in [1.29, 1.82) is 0 Å². The summed E-state index contributed by atoms with van der Waals surface area (Å²) in [6.45, 7) is 3.82. The molecule has 9 nitrogen and oxygen atoms in total. The standard InChI is InChI=1S/C76H145NO8/c1-3-5-7-9-11-13-15-17-19-21-23-25-27-29-30-31-32-33-34-35-36-37-38-39-40-42-44-46-48-50-52-54-56-58-60-62-64-66-72(80)77-69(68-84-76-75(83)74(82)73(81)71(67-78)85-76)70(79)65-63-61-59-57-55-53-51-49-47-45-43-41-28-26-24-22-20-18-16-14-12-10-8-6-4-2/h21,23,55,57,63,65,69-71,73-76,78-79,81-83H,3-20,22,24-54,56,58-62,64,66-68H2,1-2H3,(H,77,80)/b23-21-,57-55+,65-63+. The van der Waals surface area contributed by atoms with Crippen molar-refractivity contribution in [2.45, 2.75) is 429 Å². The number of rotatable bonds is 67. The lowest BCUT2D eigenvalue weighted by molar-refractivity contribution is -0.302. The topological polar surface area (TPSA) is 149 Å². The lowest BCUT2D eigenvalue weighted by Crippen LogP contribution is -2.60. The van der Waals surface area contributed by atoms with Crippen molar-refractivity contribution >= 4 is 5.91 Å². The Kier molecular flexibility index (Phi) is 62.6. The third-order valence-electron chi connectivity index (χ3n) is 18.2. The summed E-state index contributed by atoms with van der Waals surface area (Å²) in [5.41, 5.74) is 0. The van der Waals surface area contributed by atoms with Crippen LogP contribution < -0.4 is 5.32 Å². The van der Waals surface area contributed by atoms with Crippen LogP contribution in [0.15, 0.2) is 36.5 Å². The number of amides is 1. The minimum Gasteiger partial charge on any atom is -0.394 e. The molecular formula is C76H145NO8.